The predicted octanol–water partition coefficient (Wildman–Crippen LogP) is 4.14. The van der Waals surface area contributed by atoms with E-state index in [4.69, 9.17) is 4.74 Å². The molecule has 1 saturated carbocycles. The van der Waals surface area contributed by atoms with E-state index in [0.717, 1.165) is 36.8 Å². The summed E-state index contributed by atoms with van der Waals surface area (Å²) in [6.07, 6.45) is 6.90. The molecule has 34 heavy (non-hydrogen) atoms. The minimum absolute atomic E-state index is 0.0676. The average molecular weight is 468 g/mol. The molecule has 180 valence electrons. The number of methoxy groups -OCH3 is 1. The number of carbonyl (C=O) groups is 2. The number of aromatic nitrogens is 4. The normalized spacial score (nSPS) is 18.6. The second-order valence-corrected chi connectivity index (χ2v) is 9.69. The van der Waals surface area contributed by atoms with Crippen molar-refractivity contribution in [2.24, 2.45) is 11.3 Å². The molecule has 9 heteroatoms. The van der Waals surface area contributed by atoms with Crippen molar-refractivity contribution in [1.82, 2.24) is 25.1 Å². The van der Waals surface area contributed by atoms with Crippen molar-refractivity contribution >= 4 is 22.8 Å². The summed E-state index contributed by atoms with van der Waals surface area (Å²) in [7, 11) is 1.42. The number of nitrogens with one attached hydrogen (secondary N) is 1. The summed E-state index contributed by atoms with van der Waals surface area (Å²) >= 11 is 0. The zero-order chi connectivity index (χ0) is 24.5. The van der Waals surface area contributed by atoms with Crippen LogP contribution in [-0.2, 0) is 9.53 Å². The summed E-state index contributed by atoms with van der Waals surface area (Å²) in [5, 5.41) is 8.31. The van der Waals surface area contributed by atoms with Crippen molar-refractivity contribution in [2.45, 2.75) is 58.9 Å². The molecule has 3 aromatic rings. The van der Waals surface area contributed by atoms with Gasteiger partial charge in [-0.3, -0.25) is 9.59 Å². The van der Waals surface area contributed by atoms with E-state index in [0.29, 0.717) is 23.4 Å². The third-order valence-electron chi connectivity index (χ3n) is 6.91. The fourth-order valence-electron chi connectivity index (χ4n) is 4.82. The van der Waals surface area contributed by atoms with E-state index in [1.54, 1.807) is 6.07 Å². The van der Waals surface area contributed by atoms with Gasteiger partial charge in [-0.15, -0.1) is 0 Å². The van der Waals surface area contributed by atoms with Gasteiger partial charge in [0.1, 0.15) is 5.82 Å². The van der Waals surface area contributed by atoms with Gasteiger partial charge in [0, 0.05) is 29.9 Å². The van der Waals surface area contributed by atoms with Crippen LogP contribution in [0.3, 0.4) is 0 Å². The molecule has 1 aliphatic rings. The summed E-state index contributed by atoms with van der Waals surface area (Å²) in [5.74, 6) is -0.107. The zero-order valence-electron chi connectivity index (χ0n) is 20.0. The number of carbonyl (C=O) groups excluding carboxylic acids is 2. The van der Waals surface area contributed by atoms with Crippen LogP contribution in [-0.4, -0.2) is 44.8 Å². The van der Waals surface area contributed by atoms with Crippen molar-refractivity contribution in [2.75, 3.05) is 7.11 Å². The maximum absolute atomic E-state index is 13.7. The maximum atomic E-state index is 13.7. The topological polar surface area (TPSA) is 99.0 Å². The molecule has 0 atom stereocenters. The number of fused-ring (bicyclic) bond motifs is 1. The number of amides is 1. The highest BCUT2D eigenvalue weighted by molar-refractivity contribution is 5.93. The van der Waals surface area contributed by atoms with Gasteiger partial charge in [0.25, 0.3) is 11.9 Å². The molecule has 0 bridgehead atoms. The van der Waals surface area contributed by atoms with Crippen LogP contribution in [0.5, 0.6) is 0 Å². The first-order valence-corrected chi connectivity index (χ1v) is 11.5. The van der Waals surface area contributed by atoms with Gasteiger partial charge in [-0.05, 0) is 56.1 Å². The molecule has 1 amide bonds. The van der Waals surface area contributed by atoms with Gasteiger partial charge >= 0.3 is 5.97 Å². The van der Waals surface area contributed by atoms with E-state index in [1.807, 2.05) is 6.92 Å². The Morgan fingerprint density at radius 3 is 2.50 bits per heavy atom. The third kappa shape index (κ3) is 4.93. The van der Waals surface area contributed by atoms with Crippen LogP contribution in [0.2, 0.25) is 0 Å². The molecule has 0 aliphatic heterocycles. The number of hydrogen-bond acceptors (Lipinski definition) is 6. The quantitative estimate of drug-likeness (QED) is 0.547. The molecular weight excluding hydrogens is 437 g/mol. The lowest BCUT2D eigenvalue weighted by atomic mass is 9.68. The lowest BCUT2D eigenvalue weighted by molar-refractivity contribution is -0.144. The smallest absolute Gasteiger partial charge is 0.306 e. The maximum Gasteiger partial charge on any atom is 0.306 e. The molecule has 0 saturated heterocycles. The van der Waals surface area contributed by atoms with E-state index < -0.39 is 0 Å². The average Bonchev–Trinajstić information content (AvgIpc) is 3.14. The molecule has 1 fully saturated rings. The van der Waals surface area contributed by atoms with Crippen LogP contribution in [0.15, 0.2) is 30.6 Å². The SMILES string of the molecule is COC(=O)CC(C)(C)[C@H]1CC[C@H](NC(=O)c2cnc(-n3nc(C)c4ccc(F)cc43)nc2)CC1. The molecule has 1 N–H and O–H groups in total. The van der Waals surface area contributed by atoms with Crippen LogP contribution in [0, 0.1) is 24.1 Å². The van der Waals surface area contributed by atoms with Crippen molar-refractivity contribution in [1.29, 1.82) is 0 Å². The van der Waals surface area contributed by atoms with Crippen LogP contribution in [0.1, 0.15) is 62.0 Å². The number of benzene rings is 1. The Balaban J connectivity index is 1.38. The first kappa shape index (κ1) is 23.8. The van der Waals surface area contributed by atoms with Gasteiger partial charge in [-0.1, -0.05) is 13.8 Å². The number of aryl methyl sites for hydroxylation is 1. The lowest BCUT2D eigenvalue weighted by Crippen LogP contribution is -2.40. The Morgan fingerprint density at radius 1 is 1.18 bits per heavy atom. The molecule has 2 aromatic heterocycles. The Kier molecular flexibility index (Phi) is 6.63. The van der Waals surface area contributed by atoms with E-state index in [-0.39, 0.29) is 35.1 Å². The van der Waals surface area contributed by atoms with Crippen LogP contribution in [0.25, 0.3) is 16.9 Å². The Morgan fingerprint density at radius 2 is 1.85 bits per heavy atom. The summed E-state index contributed by atoms with van der Waals surface area (Å²) < 4.78 is 20.1. The standard InChI is InChI=1S/C25H30FN5O3/c1-15-20-10-7-18(26)11-21(20)31(30-15)24-27-13-16(14-28-24)23(33)29-19-8-5-17(6-9-19)25(2,3)12-22(32)34-4/h7,10-11,13-14,17,19H,5-6,8-9,12H2,1-4H3,(H,29,33)/t17-,19-. The summed E-state index contributed by atoms with van der Waals surface area (Å²) in [6.45, 7) is 6.04. The zero-order valence-corrected chi connectivity index (χ0v) is 20.0. The summed E-state index contributed by atoms with van der Waals surface area (Å²) in [5.41, 5.74) is 1.53. The third-order valence-corrected chi connectivity index (χ3v) is 6.91. The van der Waals surface area contributed by atoms with Gasteiger partial charge in [-0.25, -0.2) is 14.4 Å². The minimum atomic E-state index is -0.368. The van der Waals surface area contributed by atoms with E-state index in [9.17, 15) is 14.0 Å². The number of esters is 1. The fourth-order valence-corrected chi connectivity index (χ4v) is 4.82. The van der Waals surface area contributed by atoms with Crippen molar-refractivity contribution in [3.8, 4) is 5.95 Å². The highest BCUT2D eigenvalue weighted by Gasteiger charge is 2.35. The first-order valence-electron chi connectivity index (χ1n) is 11.5. The highest BCUT2D eigenvalue weighted by Crippen LogP contribution is 2.40. The van der Waals surface area contributed by atoms with Gasteiger partial charge in [-0.2, -0.15) is 9.78 Å². The highest BCUT2D eigenvalue weighted by atomic mass is 19.1. The molecule has 2 heterocycles. The molecule has 4 rings (SSSR count). The number of rotatable bonds is 6. The summed E-state index contributed by atoms with van der Waals surface area (Å²) in [6, 6.07) is 4.53. The van der Waals surface area contributed by atoms with Crippen LogP contribution >= 0.6 is 0 Å². The molecule has 1 aromatic carbocycles. The predicted molar refractivity (Wildman–Crippen MR) is 125 cm³/mol. The van der Waals surface area contributed by atoms with Gasteiger partial charge in [0.15, 0.2) is 0 Å². The van der Waals surface area contributed by atoms with Crippen LogP contribution < -0.4 is 5.32 Å². The fraction of sp³-hybridized carbons (Fsp3) is 0.480. The Labute approximate surface area is 197 Å². The minimum Gasteiger partial charge on any atom is -0.469 e. The van der Waals surface area contributed by atoms with Gasteiger partial charge in [0.2, 0.25) is 0 Å². The molecule has 0 unspecified atom stereocenters. The molecule has 8 nitrogen and oxygen atoms in total. The lowest BCUT2D eigenvalue weighted by Gasteiger charge is -2.38. The Bertz CT molecular complexity index is 1200. The Hall–Kier alpha value is -3.36. The number of nitrogens with zero attached hydrogens (tertiary/aromatic N) is 4. The molecule has 1 aliphatic carbocycles. The second-order valence-electron chi connectivity index (χ2n) is 9.69. The monoisotopic (exact) mass is 467 g/mol. The second kappa shape index (κ2) is 9.48. The molecule has 0 radical (unpaired) electrons. The largest absolute Gasteiger partial charge is 0.469 e. The molecular formula is C25H30FN5O3. The molecule has 0 spiro atoms. The summed E-state index contributed by atoms with van der Waals surface area (Å²) in [4.78, 5) is 33.1. The van der Waals surface area contributed by atoms with Gasteiger partial charge in [0.05, 0.1) is 30.3 Å². The van der Waals surface area contributed by atoms with Crippen LogP contribution in [0.4, 0.5) is 4.39 Å². The van der Waals surface area contributed by atoms with Gasteiger partial charge < -0.3 is 10.1 Å². The number of hydrogen-bond donors (Lipinski definition) is 1. The number of ether oxygens (including phenoxy) is 1. The van der Waals surface area contributed by atoms with Crippen molar-refractivity contribution < 1.29 is 18.7 Å². The van der Waals surface area contributed by atoms with Crippen molar-refractivity contribution in [3.63, 3.8) is 0 Å². The van der Waals surface area contributed by atoms with E-state index in [2.05, 4.69) is 34.2 Å². The first-order chi connectivity index (χ1) is 16.2. The number of halogens is 1. The van der Waals surface area contributed by atoms with E-state index in [1.165, 1.54) is 36.3 Å². The van der Waals surface area contributed by atoms with Crippen molar-refractivity contribution in [3.05, 3.63) is 47.7 Å². The van der Waals surface area contributed by atoms with E-state index >= 15 is 0 Å².